The second-order valence-corrected chi connectivity index (χ2v) is 23.9. The van der Waals surface area contributed by atoms with Gasteiger partial charge >= 0.3 is 5.97 Å². The van der Waals surface area contributed by atoms with Crippen molar-refractivity contribution in [3.05, 3.63) is 47.6 Å². The number of ether oxygens (including phenoxy) is 7. The number of esters is 1. The summed E-state index contributed by atoms with van der Waals surface area (Å²) in [7, 11) is 4.58. The quantitative estimate of drug-likeness (QED) is 0.0892. The number of aliphatic hydroxyl groups is 1. The number of ketones is 4. The minimum absolute atomic E-state index is 0.0139. The van der Waals surface area contributed by atoms with E-state index in [1.807, 2.05) is 51.2 Å². The average molecular weight is 1050 g/mol. The van der Waals surface area contributed by atoms with E-state index < -0.39 is 77.4 Å². The molecule has 1 aliphatic carbocycles. The van der Waals surface area contributed by atoms with Gasteiger partial charge in [0.1, 0.15) is 17.9 Å². The minimum atomic E-state index is -2.44. The fourth-order valence-corrected chi connectivity index (χ4v) is 10.9. The third kappa shape index (κ3) is 17.4. The van der Waals surface area contributed by atoms with Crippen LogP contribution in [0.25, 0.3) is 0 Å². The molecule has 0 aromatic carbocycles. The molecule has 4 aliphatic rings. The molecule has 0 aromatic heterocycles. The number of rotatable bonds is 11. The maximum absolute atomic E-state index is 14.6. The summed E-state index contributed by atoms with van der Waals surface area (Å²) in [5, 5.41) is 12.0. The Morgan fingerprint density at radius 1 is 0.813 bits per heavy atom. The van der Waals surface area contributed by atoms with Crippen molar-refractivity contribution < 1.29 is 67.0 Å². The van der Waals surface area contributed by atoms with Gasteiger partial charge in [-0.15, -0.1) is 0 Å². The first-order valence-electron chi connectivity index (χ1n) is 27.8. The van der Waals surface area contributed by atoms with E-state index in [1.54, 1.807) is 41.9 Å². The smallest absolute Gasteiger partial charge is 0.329 e. The number of cyclic esters (lactones) is 1. The number of allylic oxidation sites excluding steroid dienone is 6. The number of carbonyl (C=O) groups excluding carboxylic acids is 6. The SMILES string of the molecule is CO[C@@H]1C(=O)/C(C)=C/[C@@H](C)C(=O)C[C@@H]([C@H](C)C[C@@H]2CC[C@@H](OCCOC(C)(C)C(C)(C)C)[C@H](OC)C2)OC(=O)[C@@H]2CCCCN2C(=O)C(=O)[C@]2(O)O[C@@H](CC[C@H]2C)C[C@H](OC)/C(C)=C/C=C/C=C/[C@@H](C)C[C@@H](C)C1=O. The number of nitrogens with zero attached hydrogens (tertiary/aromatic N) is 1. The molecule has 3 aliphatic heterocycles. The fourth-order valence-electron chi connectivity index (χ4n) is 10.9. The largest absolute Gasteiger partial charge is 0.460 e. The van der Waals surface area contributed by atoms with Gasteiger partial charge in [0.25, 0.3) is 11.7 Å². The van der Waals surface area contributed by atoms with Crippen molar-refractivity contribution in [3.63, 3.8) is 0 Å². The molecule has 15 heteroatoms. The second-order valence-electron chi connectivity index (χ2n) is 23.9. The lowest BCUT2D eigenvalue weighted by Crippen LogP contribution is -2.61. The Morgan fingerprint density at radius 2 is 1.52 bits per heavy atom. The zero-order valence-corrected chi connectivity index (χ0v) is 48.3. The van der Waals surface area contributed by atoms with Crippen molar-refractivity contribution in [2.45, 2.75) is 214 Å². The van der Waals surface area contributed by atoms with E-state index in [0.29, 0.717) is 64.6 Å². The first-order chi connectivity index (χ1) is 35.2. The molecule has 14 atom stereocenters. The van der Waals surface area contributed by atoms with Crippen LogP contribution in [0.2, 0.25) is 0 Å². The third-order valence-corrected chi connectivity index (χ3v) is 17.0. The van der Waals surface area contributed by atoms with Gasteiger partial charge in [0.2, 0.25) is 5.79 Å². The number of fused-ring (bicyclic) bond motifs is 3. The van der Waals surface area contributed by atoms with Gasteiger partial charge in [0, 0.05) is 58.5 Å². The van der Waals surface area contributed by atoms with E-state index in [4.69, 9.17) is 33.2 Å². The predicted octanol–water partition coefficient (Wildman–Crippen LogP) is 9.25. The summed E-state index contributed by atoms with van der Waals surface area (Å²) in [4.78, 5) is 86.5. The molecular formula is C60H95NO14. The molecule has 424 valence electrons. The number of hydrogen-bond donors (Lipinski definition) is 1. The molecule has 3 heterocycles. The van der Waals surface area contributed by atoms with Crippen LogP contribution in [-0.4, -0.2) is 140 Å². The maximum atomic E-state index is 14.6. The Bertz CT molecular complexity index is 2070. The Labute approximate surface area is 449 Å². The topological polar surface area (TPSA) is 190 Å². The zero-order valence-electron chi connectivity index (χ0n) is 48.3. The summed E-state index contributed by atoms with van der Waals surface area (Å²) >= 11 is 0. The summed E-state index contributed by atoms with van der Waals surface area (Å²) in [6.07, 6.45) is 13.0. The van der Waals surface area contributed by atoms with Crippen LogP contribution in [0.4, 0.5) is 0 Å². The van der Waals surface area contributed by atoms with Crippen LogP contribution < -0.4 is 0 Å². The van der Waals surface area contributed by atoms with Gasteiger partial charge in [0.15, 0.2) is 17.7 Å². The molecule has 1 N–H and O–H groups in total. The lowest BCUT2D eigenvalue weighted by molar-refractivity contribution is -0.265. The van der Waals surface area contributed by atoms with E-state index in [2.05, 4.69) is 34.6 Å². The summed E-state index contributed by atoms with van der Waals surface area (Å²) in [6.45, 7) is 24.1. The van der Waals surface area contributed by atoms with Crippen LogP contribution in [0.5, 0.6) is 0 Å². The van der Waals surface area contributed by atoms with E-state index >= 15 is 0 Å². The molecular weight excluding hydrogens is 959 g/mol. The first-order valence-corrected chi connectivity index (χ1v) is 27.8. The average Bonchev–Trinajstić information content (AvgIpc) is 3.36. The number of methoxy groups -OCH3 is 3. The van der Waals surface area contributed by atoms with Gasteiger partial charge in [-0.25, -0.2) is 4.79 Å². The fraction of sp³-hybridized carbons (Fsp3) is 0.767. The van der Waals surface area contributed by atoms with Gasteiger partial charge < -0.3 is 43.2 Å². The molecule has 0 unspecified atom stereocenters. The summed E-state index contributed by atoms with van der Waals surface area (Å²) in [6, 6.07) is -1.16. The van der Waals surface area contributed by atoms with Crippen molar-refractivity contribution in [1.29, 1.82) is 0 Å². The molecule has 0 radical (unpaired) electrons. The van der Waals surface area contributed by atoms with Crippen molar-refractivity contribution in [2.75, 3.05) is 41.1 Å². The standard InChI is InChI=1S/C60H95NO14/c1-37-21-17-16-18-22-38(2)49(69-13)35-45-26-24-43(7)60(68,75-45)55(65)56(66)61-28-20-19-23-46(61)57(67)74-50(36-47(62)39(3)32-42(6)53(64)54(71-15)52(63)41(5)31-37)40(4)33-44-25-27-48(51(34-44)70-14)72-29-30-73-59(11,12)58(8,9)10/h16-18,21-22,32,37,39-41,43-46,48-51,54,68H,19-20,23-31,33-36H2,1-15H3/b18-16+,21-17+,38-22+,42-32+/t37-,39-,40-,41-,43-,44+,45+,46+,48-,49+,50+,51-,54+,60-/m1/s1. The van der Waals surface area contributed by atoms with Crippen LogP contribution in [0.15, 0.2) is 47.6 Å². The summed E-state index contributed by atoms with van der Waals surface area (Å²) in [5.41, 5.74) is 0.678. The highest BCUT2D eigenvalue weighted by atomic mass is 16.6. The summed E-state index contributed by atoms with van der Waals surface area (Å²) in [5.74, 6) is -8.80. The van der Waals surface area contributed by atoms with Crippen molar-refractivity contribution in [2.24, 2.45) is 40.9 Å². The van der Waals surface area contributed by atoms with E-state index in [9.17, 15) is 33.9 Å². The Morgan fingerprint density at radius 3 is 2.17 bits per heavy atom. The van der Waals surface area contributed by atoms with Crippen LogP contribution in [0, 0.1) is 40.9 Å². The van der Waals surface area contributed by atoms with Gasteiger partial charge in [-0.2, -0.15) is 0 Å². The second kappa shape index (κ2) is 28.8. The monoisotopic (exact) mass is 1050 g/mol. The molecule has 15 nitrogen and oxygen atoms in total. The van der Waals surface area contributed by atoms with Gasteiger partial charge in [-0.1, -0.05) is 91.8 Å². The Kier molecular flexibility index (Phi) is 24.5. The van der Waals surface area contributed by atoms with Crippen molar-refractivity contribution >= 4 is 35.0 Å². The normalized spacial score (nSPS) is 36.1. The highest BCUT2D eigenvalue weighted by Crippen LogP contribution is 2.39. The van der Waals surface area contributed by atoms with Crippen molar-refractivity contribution in [3.8, 4) is 0 Å². The molecule has 1 amide bonds. The Hall–Kier alpha value is -3.70. The first kappa shape index (κ1) is 63.8. The number of hydrogen-bond acceptors (Lipinski definition) is 14. The highest BCUT2D eigenvalue weighted by molar-refractivity contribution is 6.39. The number of piperidine rings is 1. The molecule has 0 spiro atoms. The van der Waals surface area contributed by atoms with Gasteiger partial charge in [-0.3, -0.25) is 24.0 Å². The lowest BCUT2D eigenvalue weighted by atomic mass is 9.78. The maximum Gasteiger partial charge on any atom is 0.329 e. The minimum Gasteiger partial charge on any atom is -0.460 e. The lowest BCUT2D eigenvalue weighted by Gasteiger charge is -2.42. The molecule has 0 aromatic rings. The molecule has 2 saturated heterocycles. The van der Waals surface area contributed by atoms with E-state index in [1.165, 1.54) is 18.1 Å². The summed E-state index contributed by atoms with van der Waals surface area (Å²) < 4.78 is 42.5. The number of Topliss-reactive ketones (excluding diaryl/α,β-unsaturated/α-hetero) is 4. The molecule has 2 bridgehead atoms. The number of amides is 1. The molecule has 3 fully saturated rings. The van der Waals surface area contributed by atoms with Crippen molar-refractivity contribution in [1.82, 2.24) is 4.90 Å². The third-order valence-electron chi connectivity index (χ3n) is 17.0. The van der Waals surface area contributed by atoms with Crippen LogP contribution >= 0.6 is 0 Å². The highest BCUT2D eigenvalue weighted by Gasteiger charge is 2.53. The van der Waals surface area contributed by atoms with Gasteiger partial charge in [0.05, 0.1) is 43.2 Å². The molecule has 4 rings (SSSR count). The zero-order chi connectivity index (χ0) is 56.0. The number of carbonyl (C=O) groups is 6. The Balaban J connectivity index is 1.65. The van der Waals surface area contributed by atoms with E-state index in [0.717, 1.165) is 18.4 Å². The van der Waals surface area contributed by atoms with Crippen LogP contribution in [0.1, 0.15) is 160 Å². The predicted molar refractivity (Wildman–Crippen MR) is 287 cm³/mol. The molecule has 75 heavy (non-hydrogen) atoms. The molecule has 1 saturated carbocycles. The van der Waals surface area contributed by atoms with E-state index in [-0.39, 0.29) is 77.5 Å². The van der Waals surface area contributed by atoms with Crippen LogP contribution in [-0.2, 0) is 61.9 Å². The van der Waals surface area contributed by atoms with Crippen LogP contribution in [0.3, 0.4) is 0 Å². The van der Waals surface area contributed by atoms with Gasteiger partial charge in [-0.05, 0) is 126 Å².